The van der Waals surface area contributed by atoms with E-state index in [9.17, 15) is 0 Å². The summed E-state index contributed by atoms with van der Waals surface area (Å²) in [6.07, 6.45) is 3.96. The molecule has 0 aliphatic heterocycles. The fourth-order valence-corrected chi connectivity index (χ4v) is 1.15. The van der Waals surface area contributed by atoms with E-state index in [1.165, 1.54) is 24.8 Å². The zero-order valence-electron chi connectivity index (χ0n) is 12.4. The van der Waals surface area contributed by atoms with Crippen molar-refractivity contribution in [2.75, 3.05) is 6.61 Å². The molecule has 0 heterocycles. The number of aliphatic hydroxyl groups excluding tert-OH is 2. The third-order valence-electron chi connectivity index (χ3n) is 2.34. The third-order valence-corrected chi connectivity index (χ3v) is 2.34. The van der Waals surface area contributed by atoms with Gasteiger partial charge in [0.15, 0.2) is 0 Å². The van der Waals surface area contributed by atoms with E-state index in [2.05, 4.69) is 37.3 Å². The van der Waals surface area contributed by atoms with Crippen molar-refractivity contribution in [1.29, 1.82) is 0 Å². The first kappa shape index (κ1) is 19.5. The second kappa shape index (κ2) is 16.1. The lowest BCUT2D eigenvalue weighted by molar-refractivity contribution is 0.0923. The first-order valence-corrected chi connectivity index (χ1v) is 7.07. The minimum atomic E-state index is -0.509. The molecule has 0 spiro atoms. The van der Waals surface area contributed by atoms with E-state index < -0.39 is 6.10 Å². The van der Waals surface area contributed by atoms with Gasteiger partial charge in [-0.15, -0.1) is 0 Å². The molecular weight excluding hydrogens is 224 g/mol. The van der Waals surface area contributed by atoms with Crippen LogP contribution in [0.25, 0.3) is 0 Å². The summed E-state index contributed by atoms with van der Waals surface area (Å²) in [5.74, 6) is 0. The predicted molar refractivity (Wildman–Crippen MR) is 79.8 cm³/mol. The first-order valence-electron chi connectivity index (χ1n) is 7.07. The van der Waals surface area contributed by atoms with Gasteiger partial charge in [0.05, 0.1) is 12.7 Å². The van der Waals surface area contributed by atoms with Crippen molar-refractivity contribution in [2.24, 2.45) is 0 Å². The van der Waals surface area contributed by atoms with E-state index >= 15 is 0 Å². The maximum Gasteiger partial charge on any atom is 0.0768 e. The van der Waals surface area contributed by atoms with Crippen molar-refractivity contribution >= 4 is 0 Å². The van der Waals surface area contributed by atoms with Gasteiger partial charge in [0.2, 0.25) is 0 Å². The summed E-state index contributed by atoms with van der Waals surface area (Å²) in [6.45, 7) is 7.93. The highest BCUT2D eigenvalue weighted by Gasteiger charge is 1.92. The van der Waals surface area contributed by atoms with Crippen molar-refractivity contribution in [1.82, 2.24) is 0 Å². The molecule has 0 aliphatic carbocycles. The van der Waals surface area contributed by atoms with E-state index in [0.717, 1.165) is 0 Å². The van der Waals surface area contributed by atoms with E-state index in [0.29, 0.717) is 6.42 Å². The highest BCUT2D eigenvalue weighted by atomic mass is 16.3. The van der Waals surface area contributed by atoms with Crippen molar-refractivity contribution < 1.29 is 10.2 Å². The fraction of sp³-hybridized carbons (Fsp3) is 0.625. The molecule has 0 aliphatic rings. The first-order chi connectivity index (χ1) is 8.74. The van der Waals surface area contributed by atoms with Crippen LogP contribution in [0.15, 0.2) is 30.3 Å². The molecule has 1 aromatic carbocycles. The predicted octanol–water partition coefficient (Wildman–Crippen LogP) is 3.81. The van der Waals surface area contributed by atoms with Crippen molar-refractivity contribution in [3.63, 3.8) is 0 Å². The van der Waals surface area contributed by atoms with Crippen LogP contribution in [0.5, 0.6) is 0 Å². The molecule has 0 saturated heterocycles. The minimum absolute atomic E-state index is 0.115. The Hall–Kier alpha value is -0.860. The molecule has 18 heavy (non-hydrogen) atoms. The third kappa shape index (κ3) is 13.2. The normalized spacial score (nSPS) is 10.6. The smallest absolute Gasteiger partial charge is 0.0768 e. The molecule has 1 unspecified atom stereocenters. The molecule has 0 fully saturated rings. The lowest BCUT2D eigenvalue weighted by Gasteiger charge is -1.97. The Morgan fingerprint density at radius 3 is 1.94 bits per heavy atom. The van der Waals surface area contributed by atoms with Crippen LogP contribution in [0.2, 0.25) is 0 Å². The molecule has 0 aromatic heterocycles. The highest BCUT2D eigenvalue weighted by molar-refractivity contribution is 5.14. The topological polar surface area (TPSA) is 40.5 Å². The fourth-order valence-electron chi connectivity index (χ4n) is 1.15. The highest BCUT2D eigenvalue weighted by Crippen LogP contribution is 2.03. The largest absolute Gasteiger partial charge is 0.394 e. The molecule has 0 radical (unpaired) electrons. The molecule has 1 atom stereocenters. The molecule has 0 saturated carbocycles. The van der Waals surface area contributed by atoms with Gasteiger partial charge in [-0.3, -0.25) is 0 Å². The van der Waals surface area contributed by atoms with Crippen LogP contribution in [0.4, 0.5) is 0 Å². The number of aryl methyl sites for hydroxylation is 1. The molecule has 1 rings (SSSR count). The molecule has 2 nitrogen and oxygen atoms in total. The summed E-state index contributed by atoms with van der Waals surface area (Å²) in [4.78, 5) is 0. The molecule has 1 aromatic rings. The average molecular weight is 254 g/mol. The maximum atomic E-state index is 8.42. The maximum absolute atomic E-state index is 8.42. The van der Waals surface area contributed by atoms with E-state index in [1.54, 1.807) is 0 Å². The molecule has 2 N–H and O–H groups in total. The van der Waals surface area contributed by atoms with E-state index in [1.807, 2.05) is 20.8 Å². The number of benzene rings is 1. The van der Waals surface area contributed by atoms with Crippen LogP contribution in [0.1, 0.15) is 52.5 Å². The zero-order chi connectivity index (χ0) is 14.2. The Bertz CT molecular complexity index is 230. The molecular formula is C16H30O2. The van der Waals surface area contributed by atoms with Crippen LogP contribution in [0.3, 0.4) is 0 Å². The Kier molecular flexibility index (Phi) is 17.5. The van der Waals surface area contributed by atoms with Gasteiger partial charge in [0.25, 0.3) is 0 Å². The summed E-state index contributed by atoms with van der Waals surface area (Å²) < 4.78 is 0. The minimum Gasteiger partial charge on any atom is -0.394 e. The lowest BCUT2D eigenvalue weighted by atomic mass is 10.1. The van der Waals surface area contributed by atoms with Crippen LogP contribution < -0.4 is 0 Å². The van der Waals surface area contributed by atoms with Gasteiger partial charge in [-0.2, -0.15) is 0 Å². The standard InChI is InChI=1S/C10H14.C4H10O2.C2H6/c1-2-3-7-10-8-5-4-6-9-10;1-2-4(6)3-5;1-2/h4-6,8-9H,2-3,7H2,1H3;4-6H,2-3H2,1H3;1-2H3. The van der Waals surface area contributed by atoms with Crippen molar-refractivity contribution in [3.05, 3.63) is 35.9 Å². The average Bonchev–Trinajstić information content (AvgIpc) is 2.48. The van der Waals surface area contributed by atoms with Gasteiger partial charge in [0, 0.05) is 0 Å². The van der Waals surface area contributed by atoms with Gasteiger partial charge in [0.1, 0.15) is 0 Å². The molecule has 2 heteroatoms. The summed E-state index contributed by atoms with van der Waals surface area (Å²) >= 11 is 0. The Balaban J connectivity index is 0. The second-order valence-corrected chi connectivity index (χ2v) is 3.83. The van der Waals surface area contributed by atoms with Crippen molar-refractivity contribution in [3.8, 4) is 0 Å². The second-order valence-electron chi connectivity index (χ2n) is 3.83. The quantitative estimate of drug-likeness (QED) is 0.839. The van der Waals surface area contributed by atoms with Crippen LogP contribution in [-0.4, -0.2) is 22.9 Å². The number of rotatable bonds is 5. The summed E-state index contributed by atoms with van der Waals surface area (Å²) in [7, 11) is 0. The SMILES string of the molecule is CC.CCC(O)CO.CCCCc1ccccc1. The van der Waals surface area contributed by atoms with Gasteiger partial charge in [-0.1, -0.05) is 64.4 Å². The summed E-state index contributed by atoms with van der Waals surface area (Å²) in [6, 6.07) is 10.6. The van der Waals surface area contributed by atoms with Crippen LogP contribution in [0, 0.1) is 0 Å². The lowest BCUT2D eigenvalue weighted by Crippen LogP contribution is -2.08. The Labute approximate surface area is 113 Å². The zero-order valence-corrected chi connectivity index (χ0v) is 12.4. The van der Waals surface area contributed by atoms with Crippen LogP contribution >= 0.6 is 0 Å². The van der Waals surface area contributed by atoms with Gasteiger partial charge in [-0.05, 0) is 24.8 Å². The monoisotopic (exact) mass is 254 g/mol. The molecule has 0 bridgehead atoms. The number of unbranched alkanes of at least 4 members (excludes halogenated alkanes) is 1. The summed E-state index contributed by atoms with van der Waals surface area (Å²) in [5.41, 5.74) is 1.46. The van der Waals surface area contributed by atoms with Gasteiger partial charge >= 0.3 is 0 Å². The molecule has 106 valence electrons. The Morgan fingerprint density at radius 1 is 1.06 bits per heavy atom. The van der Waals surface area contributed by atoms with Gasteiger partial charge < -0.3 is 10.2 Å². The Morgan fingerprint density at radius 2 is 1.61 bits per heavy atom. The van der Waals surface area contributed by atoms with E-state index in [-0.39, 0.29) is 6.61 Å². The van der Waals surface area contributed by atoms with E-state index in [4.69, 9.17) is 10.2 Å². The number of hydrogen-bond acceptors (Lipinski definition) is 2. The van der Waals surface area contributed by atoms with Crippen LogP contribution in [-0.2, 0) is 6.42 Å². The number of aliphatic hydroxyl groups is 2. The van der Waals surface area contributed by atoms with Gasteiger partial charge in [-0.25, -0.2) is 0 Å². The molecule has 0 amide bonds. The summed E-state index contributed by atoms with van der Waals surface area (Å²) in [5, 5.41) is 16.5. The number of hydrogen-bond donors (Lipinski definition) is 2. The van der Waals surface area contributed by atoms with Crippen molar-refractivity contribution in [2.45, 2.75) is 59.5 Å².